The zero-order valence-corrected chi connectivity index (χ0v) is 16.0. The van der Waals surface area contributed by atoms with E-state index in [1.54, 1.807) is 30.1 Å². The first-order chi connectivity index (χ1) is 13.8. The van der Waals surface area contributed by atoms with E-state index < -0.39 is 0 Å². The smallest absolute Gasteiger partial charge is 0.230 e. The largest absolute Gasteiger partial charge is 0.356 e. The highest BCUT2D eigenvalue weighted by molar-refractivity contribution is 7.16. The molecule has 28 heavy (non-hydrogen) atoms. The van der Waals surface area contributed by atoms with Gasteiger partial charge in [0.05, 0.1) is 5.39 Å². The van der Waals surface area contributed by atoms with Crippen LogP contribution >= 0.6 is 11.3 Å². The summed E-state index contributed by atoms with van der Waals surface area (Å²) < 4.78 is 5.61. The summed E-state index contributed by atoms with van der Waals surface area (Å²) in [4.78, 5) is 21.2. The molecule has 1 aliphatic carbocycles. The summed E-state index contributed by atoms with van der Waals surface area (Å²) >= 11 is 1.67. The van der Waals surface area contributed by atoms with Crippen molar-refractivity contribution < 1.29 is 4.52 Å². The standard InChI is InChI=1S/C20H18N6OS/c1-2-13(11-21-6-1)16-24-18(27-25-16)15-10-20(15)4-7-26(8-5-20)17-14-3-9-28-19(14)23-12-22-17/h1-3,6,9,11-12,15H,4-5,7-8,10H2/t15-/m1/s1. The number of thiophene rings is 1. The number of rotatable bonds is 3. The Bertz CT molecular complexity index is 1130. The lowest BCUT2D eigenvalue weighted by molar-refractivity contribution is 0.326. The van der Waals surface area contributed by atoms with Crippen LogP contribution in [0.15, 0.2) is 46.8 Å². The van der Waals surface area contributed by atoms with Crippen LogP contribution in [0.2, 0.25) is 0 Å². The molecule has 1 saturated heterocycles. The van der Waals surface area contributed by atoms with E-state index in [1.807, 2.05) is 12.1 Å². The third-order valence-electron chi connectivity index (χ3n) is 6.15. The summed E-state index contributed by atoms with van der Waals surface area (Å²) in [5, 5.41) is 7.41. The van der Waals surface area contributed by atoms with Gasteiger partial charge in [0, 0.05) is 37.0 Å². The molecule has 1 aliphatic heterocycles. The topological polar surface area (TPSA) is 80.8 Å². The number of nitrogens with zero attached hydrogens (tertiary/aromatic N) is 6. The van der Waals surface area contributed by atoms with Crippen molar-refractivity contribution >= 4 is 27.4 Å². The number of pyridine rings is 1. The highest BCUT2D eigenvalue weighted by Gasteiger charge is 2.58. The van der Waals surface area contributed by atoms with Gasteiger partial charge in [-0.15, -0.1) is 11.3 Å². The minimum absolute atomic E-state index is 0.302. The number of hydrogen-bond acceptors (Lipinski definition) is 8. The molecule has 5 heterocycles. The molecule has 0 N–H and O–H groups in total. The molecule has 0 aromatic carbocycles. The summed E-state index contributed by atoms with van der Waals surface area (Å²) in [5.74, 6) is 2.84. The van der Waals surface area contributed by atoms with Gasteiger partial charge in [0.1, 0.15) is 17.0 Å². The molecule has 1 spiro atoms. The maximum atomic E-state index is 5.61. The van der Waals surface area contributed by atoms with Gasteiger partial charge in [0.2, 0.25) is 11.7 Å². The zero-order chi connectivity index (χ0) is 18.6. The van der Waals surface area contributed by atoms with Gasteiger partial charge in [-0.3, -0.25) is 4.98 Å². The fraction of sp³-hybridized carbons (Fsp3) is 0.350. The van der Waals surface area contributed by atoms with E-state index in [2.05, 4.69) is 41.4 Å². The monoisotopic (exact) mass is 390 g/mol. The lowest BCUT2D eigenvalue weighted by atomic mass is 9.90. The molecule has 0 radical (unpaired) electrons. The molecule has 2 fully saturated rings. The second kappa shape index (κ2) is 6.07. The maximum Gasteiger partial charge on any atom is 0.230 e. The molecule has 1 saturated carbocycles. The molecule has 7 nitrogen and oxygen atoms in total. The predicted octanol–water partition coefficient (Wildman–Crippen LogP) is 3.91. The van der Waals surface area contributed by atoms with Crippen molar-refractivity contribution in [1.29, 1.82) is 0 Å². The maximum absolute atomic E-state index is 5.61. The molecule has 0 bridgehead atoms. The average molecular weight is 390 g/mol. The quantitative estimate of drug-likeness (QED) is 0.524. The Hall–Kier alpha value is -2.87. The van der Waals surface area contributed by atoms with E-state index >= 15 is 0 Å². The molecule has 1 atom stereocenters. The number of piperidine rings is 1. The summed E-state index contributed by atoms with van der Waals surface area (Å²) in [6.45, 7) is 2.00. The normalized spacial score (nSPS) is 20.7. The highest BCUT2D eigenvalue weighted by atomic mass is 32.1. The third-order valence-corrected chi connectivity index (χ3v) is 6.97. The van der Waals surface area contributed by atoms with Crippen molar-refractivity contribution in [2.45, 2.75) is 25.2 Å². The Kier molecular flexibility index (Phi) is 3.49. The molecule has 0 unspecified atom stereocenters. The van der Waals surface area contributed by atoms with Crippen LogP contribution in [-0.2, 0) is 0 Å². The van der Waals surface area contributed by atoms with Gasteiger partial charge >= 0.3 is 0 Å². The number of fused-ring (bicyclic) bond motifs is 1. The van der Waals surface area contributed by atoms with E-state index in [-0.39, 0.29) is 0 Å². The number of anilines is 1. The highest BCUT2D eigenvalue weighted by Crippen LogP contribution is 2.64. The Balaban J connectivity index is 1.18. The third kappa shape index (κ3) is 2.51. The lowest BCUT2D eigenvalue weighted by Crippen LogP contribution is -2.35. The van der Waals surface area contributed by atoms with Crippen molar-refractivity contribution in [2.75, 3.05) is 18.0 Å². The molecule has 4 aromatic rings. The first kappa shape index (κ1) is 16.1. The molecule has 0 amide bonds. The van der Waals surface area contributed by atoms with Crippen molar-refractivity contribution in [3.63, 3.8) is 0 Å². The van der Waals surface area contributed by atoms with Crippen LogP contribution in [0.1, 0.15) is 31.1 Å². The van der Waals surface area contributed by atoms with E-state index in [1.165, 1.54) is 0 Å². The summed E-state index contributed by atoms with van der Waals surface area (Å²) in [5.41, 5.74) is 1.20. The van der Waals surface area contributed by atoms with E-state index in [0.29, 0.717) is 17.2 Å². The Morgan fingerprint density at radius 1 is 1.18 bits per heavy atom. The Morgan fingerprint density at radius 2 is 2.11 bits per heavy atom. The SMILES string of the molecule is c1cncc(-c2noc([C@H]3CC34CCN(c3ncnc5sccc35)CC4)n2)c1. The van der Waals surface area contributed by atoms with Crippen molar-refractivity contribution in [3.8, 4) is 11.4 Å². The fourth-order valence-corrected chi connectivity index (χ4v) is 5.16. The second-order valence-corrected chi connectivity index (χ2v) is 8.54. The van der Waals surface area contributed by atoms with Crippen molar-refractivity contribution in [3.05, 3.63) is 48.2 Å². The van der Waals surface area contributed by atoms with Gasteiger partial charge in [-0.2, -0.15) is 4.98 Å². The van der Waals surface area contributed by atoms with Gasteiger partial charge in [0.15, 0.2) is 0 Å². The Morgan fingerprint density at radius 3 is 2.96 bits per heavy atom. The van der Waals surface area contributed by atoms with Crippen LogP contribution in [0.4, 0.5) is 5.82 Å². The fourth-order valence-electron chi connectivity index (χ4n) is 4.43. The van der Waals surface area contributed by atoms with Gasteiger partial charge in [-0.05, 0) is 48.3 Å². The van der Waals surface area contributed by atoms with Crippen LogP contribution < -0.4 is 4.90 Å². The van der Waals surface area contributed by atoms with Gasteiger partial charge < -0.3 is 9.42 Å². The summed E-state index contributed by atoms with van der Waals surface area (Å²) in [6.07, 6.45) is 8.57. The molecule has 6 rings (SSSR count). The molecule has 140 valence electrons. The summed E-state index contributed by atoms with van der Waals surface area (Å²) in [7, 11) is 0. The van der Waals surface area contributed by atoms with Crippen LogP contribution in [0.5, 0.6) is 0 Å². The minimum Gasteiger partial charge on any atom is -0.356 e. The van der Waals surface area contributed by atoms with Crippen LogP contribution in [-0.4, -0.2) is 38.2 Å². The van der Waals surface area contributed by atoms with Gasteiger partial charge in [-0.25, -0.2) is 9.97 Å². The first-order valence-corrected chi connectivity index (χ1v) is 10.4. The Labute approximate surface area is 165 Å². The number of aromatic nitrogens is 5. The average Bonchev–Trinajstić information content (AvgIpc) is 3.13. The molecule has 8 heteroatoms. The number of hydrogen-bond donors (Lipinski definition) is 0. The summed E-state index contributed by atoms with van der Waals surface area (Å²) in [6, 6.07) is 5.96. The molecule has 4 aromatic heterocycles. The molecule has 2 aliphatic rings. The molecular weight excluding hydrogens is 372 g/mol. The lowest BCUT2D eigenvalue weighted by Gasteiger charge is -2.33. The van der Waals surface area contributed by atoms with E-state index in [4.69, 9.17) is 4.52 Å². The first-order valence-electron chi connectivity index (χ1n) is 9.50. The van der Waals surface area contributed by atoms with E-state index in [0.717, 1.165) is 59.8 Å². The second-order valence-electron chi connectivity index (χ2n) is 7.64. The van der Waals surface area contributed by atoms with Crippen LogP contribution in [0, 0.1) is 5.41 Å². The van der Waals surface area contributed by atoms with Gasteiger partial charge in [-0.1, -0.05) is 5.16 Å². The van der Waals surface area contributed by atoms with Gasteiger partial charge in [0.25, 0.3) is 0 Å². The van der Waals surface area contributed by atoms with Crippen LogP contribution in [0.25, 0.3) is 21.6 Å². The van der Waals surface area contributed by atoms with Crippen molar-refractivity contribution in [1.82, 2.24) is 25.1 Å². The molecular formula is C20H18N6OS. The van der Waals surface area contributed by atoms with Crippen molar-refractivity contribution in [2.24, 2.45) is 5.41 Å². The zero-order valence-electron chi connectivity index (χ0n) is 15.2. The predicted molar refractivity (Wildman–Crippen MR) is 106 cm³/mol. The minimum atomic E-state index is 0.302. The van der Waals surface area contributed by atoms with E-state index in [9.17, 15) is 0 Å². The van der Waals surface area contributed by atoms with Crippen LogP contribution in [0.3, 0.4) is 0 Å².